The summed E-state index contributed by atoms with van der Waals surface area (Å²) in [4.78, 5) is 23.0. The lowest BCUT2D eigenvalue weighted by molar-refractivity contribution is -0.123. The minimum Gasteiger partial charge on any atom is -0.381 e. The van der Waals surface area contributed by atoms with Gasteiger partial charge in [0.15, 0.2) is 0 Å². The molecule has 0 spiro atoms. The van der Waals surface area contributed by atoms with Crippen molar-refractivity contribution in [3.8, 4) is 0 Å². The van der Waals surface area contributed by atoms with Crippen molar-refractivity contribution < 1.29 is 9.53 Å². The number of anilines is 4. The van der Waals surface area contributed by atoms with E-state index in [4.69, 9.17) is 4.74 Å². The second-order valence-electron chi connectivity index (χ2n) is 10.3. The van der Waals surface area contributed by atoms with Crippen LogP contribution in [0.5, 0.6) is 0 Å². The van der Waals surface area contributed by atoms with Crippen molar-refractivity contribution in [3.05, 3.63) is 42.1 Å². The average molecular weight is 447 g/mol. The molecular weight excluding hydrogens is 412 g/mol. The molecule has 1 amide bonds. The zero-order valence-corrected chi connectivity index (χ0v) is 19.5. The van der Waals surface area contributed by atoms with Gasteiger partial charge in [-0.15, -0.1) is 0 Å². The second-order valence-corrected chi connectivity index (χ2v) is 10.3. The summed E-state index contributed by atoms with van der Waals surface area (Å²) < 4.78 is 5.77. The number of benzene rings is 1. The molecule has 1 aromatic carbocycles. The molecule has 3 unspecified atom stereocenters. The number of nitrogens with one attached hydrogen (secondary N) is 1. The number of aromatic nitrogens is 1. The molecular formula is C27H34N4O2. The zero-order valence-electron chi connectivity index (χ0n) is 19.5. The van der Waals surface area contributed by atoms with Gasteiger partial charge in [-0.05, 0) is 56.4 Å². The maximum atomic E-state index is 13.8. The van der Waals surface area contributed by atoms with Crippen LogP contribution in [-0.4, -0.2) is 36.7 Å². The number of ether oxygens (including phenoxy) is 1. The molecule has 1 N–H and O–H groups in total. The van der Waals surface area contributed by atoms with E-state index in [0.29, 0.717) is 24.6 Å². The molecule has 174 valence electrons. The van der Waals surface area contributed by atoms with E-state index in [9.17, 15) is 4.79 Å². The van der Waals surface area contributed by atoms with Gasteiger partial charge >= 0.3 is 0 Å². The minimum atomic E-state index is 0.127. The van der Waals surface area contributed by atoms with Crippen molar-refractivity contribution in [2.45, 2.75) is 70.1 Å². The summed E-state index contributed by atoms with van der Waals surface area (Å²) in [5.74, 6) is 1.84. The van der Waals surface area contributed by atoms with E-state index in [-0.39, 0.29) is 11.8 Å². The van der Waals surface area contributed by atoms with Gasteiger partial charge in [0.1, 0.15) is 5.82 Å². The van der Waals surface area contributed by atoms with Crippen LogP contribution in [0.25, 0.3) is 0 Å². The van der Waals surface area contributed by atoms with Gasteiger partial charge in [-0.1, -0.05) is 25.3 Å². The molecule has 3 aliphatic heterocycles. The Balaban J connectivity index is 1.37. The summed E-state index contributed by atoms with van der Waals surface area (Å²) in [5.41, 5.74) is 4.25. The Morgan fingerprint density at radius 3 is 2.79 bits per heavy atom. The van der Waals surface area contributed by atoms with Crippen LogP contribution in [0, 0.1) is 11.8 Å². The minimum absolute atomic E-state index is 0.127. The average Bonchev–Trinajstić information content (AvgIpc) is 3.05. The number of hydrogen-bond acceptors (Lipinski definition) is 5. The summed E-state index contributed by atoms with van der Waals surface area (Å²) in [5, 5.41) is 3.53. The van der Waals surface area contributed by atoms with Gasteiger partial charge in [0.25, 0.3) is 0 Å². The van der Waals surface area contributed by atoms with E-state index >= 15 is 0 Å². The van der Waals surface area contributed by atoms with Gasteiger partial charge in [0.2, 0.25) is 5.91 Å². The van der Waals surface area contributed by atoms with Gasteiger partial charge in [-0.3, -0.25) is 4.79 Å². The predicted octanol–water partition coefficient (Wildman–Crippen LogP) is 5.26. The first-order valence-corrected chi connectivity index (χ1v) is 12.7. The second kappa shape index (κ2) is 8.64. The van der Waals surface area contributed by atoms with Crippen LogP contribution in [0.3, 0.4) is 0 Å². The Labute approximate surface area is 196 Å². The zero-order chi connectivity index (χ0) is 22.4. The molecule has 2 aromatic rings. The fraction of sp³-hybridized carbons (Fsp3) is 0.556. The summed E-state index contributed by atoms with van der Waals surface area (Å²) >= 11 is 0. The standard InChI is InChI=1S/C27H34N4O2/c1-33-25-15-22-10-9-19(25)16-30(22)21-11-12-23-24(14-21)31(27(32)18-6-3-2-4-7-18)17-20-8-5-13-28-26(20)29-23/h5,8,11-14,18-19,22,25H,2-4,6-7,9-10,15-17H2,1H3,(H,28,29). The summed E-state index contributed by atoms with van der Waals surface area (Å²) in [7, 11) is 1.85. The highest BCUT2D eigenvalue weighted by molar-refractivity contribution is 6.00. The smallest absolute Gasteiger partial charge is 0.230 e. The van der Waals surface area contributed by atoms with Crippen molar-refractivity contribution in [2.24, 2.45) is 11.8 Å². The Kier molecular flexibility index (Phi) is 5.49. The molecule has 2 saturated carbocycles. The molecule has 1 aromatic heterocycles. The Morgan fingerprint density at radius 2 is 2.00 bits per heavy atom. The fourth-order valence-corrected chi connectivity index (χ4v) is 6.53. The van der Waals surface area contributed by atoms with Crippen LogP contribution < -0.4 is 15.1 Å². The largest absolute Gasteiger partial charge is 0.381 e. The lowest BCUT2D eigenvalue weighted by Crippen LogP contribution is -2.54. The monoisotopic (exact) mass is 446 g/mol. The quantitative estimate of drug-likeness (QED) is 0.697. The highest BCUT2D eigenvalue weighted by Gasteiger charge is 2.41. The van der Waals surface area contributed by atoms with E-state index in [1.165, 1.54) is 24.9 Å². The number of rotatable bonds is 3. The van der Waals surface area contributed by atoms with Crippen LogP contribution in [0.2, 0.25) is 0 Å². The van der Waals surface area contributed by atoms with Crippen molar-refractivity contribution in [3.63, 3.8) is 0 Å². The maximum Gasteiger partial charge on any atom is 0.230 e. The van der Waals surface area contributed by atoms with Crippen LogP contribution in [0.15, 0.2) is 36.5 Å². The number of piperidine rings is 2. The number of pyridine rings is 1. The molecule has 5 aliphatic rings. The van der Waals surface area contributed by atoms with Crippen molar-refractivity contribution >= 4 is 28.8 Å². The number of hydrogen-bond donors (Lipinski definition) is 1. The van der Waals surface area contributed by atoms with Crippen molar-refractivity contribution in [1.29, 1.82) is 0 Å². The number of methoxy groups -OCH3 is 1. The summed E-state index contributed by atoms with van der Waals surface area (Å²) in [6, 6.07) is 11.2. The number of amides is 1. The highest BCUT2D eigenvalue weighted by atomic mass is 16.5. The molecule has 3 atom stereocenters. The molecule has 2 bridgehead atoms. The summed E-state index contributed by atoms with van der Waals surface area (Å²) in [6.07, 6.45) is 11.3. The van der Waals surface area contributed by atoms with Gasteiger partial charge in [0.05, 0.1) is 24.0 Å². The van der Waals surface area contributed by atoms with E-state index in [0.717, 1.165) is 61.4 Å². The molecule has 7 rings (SSSR count). The molecule has 4 fully saturated rings. The van der Waals surface area contributed by atoms with Gasteiger partial charge in [-0.2, -0.15) is 0 Å². The number of carbonyl (C=O) groups is 1. The summed E-state index contributed by atoms with van der Waals surface area (Å²) in [6.45, 7) is 1.60. The normalized spacial score (nSPS) is 26.9. The molecule has 6 nitrogen and oxygen atoms in total. The highest BCUT2D eigenvalue weighted by Crippen LogP contribution is 2.43. The Bertz CT molecular complexity index is 1030. The predicted molar refractivity (Wildman–Crippen MR) is 131 cm³/mol. The third-order valence-corrected chi connectivity index (χ3v) is 8.37. The maximum absolute atomic E-state index is 13.8. The third kappa shape index (κ3) is 3.78. The first kappa shape index (κ1) is 21.0. The molecule has 4 heterocycles. The van der Waals surface area contributed by atoms with Gasteiger partial charge in [-0.25, -0.2) is 4.98 Å². The first-order valence-electron chi connectivity index (χ1n) is 12.7. The van der Waals surface area contributed by atoms with E-state index < -0.39 is 0 Å². The van der Waals surface area contributed by atoms with Crippen molar-refractivity contribution in [1.82, 2.24) is 4.98 Å². The molecule has 6 heteroatoms. The van der Waals surface area contributed by atoms with E-state index in [1.54, 1.807) is 0 Å². The molecule has 2 saturated heterocycles. The van der Waals surface area contributed by atoms with Gasteiger partial charge < -0.3 is 19.9 Å². The van der Waals surface area contributed by atoms with Crippen molar-refractivity contribution in [2.75, 3.05) is 28.8 Å². The molecule has 2 aliphatic carbocycles. The third-order valence-electron chi connectivity index (χ3n) is 8.37. The van der Waals surface area contributed by atoms with Crippen LogP contribution in [-0.2, 0) is 16.1 Å². The molecule has 0 radical (unpaired) electrons. The van der Waals surface area contributed by atoms with Crippen LogP contribution in [0.1, 0.15) is 56.9 Å². The topological polar surface area (TPSA) is 57.7 Å². The molecule has 33 heavy (non-hydrogen) atoms. The number of carbonyl (C=O) groups excluding carboxylic acids is 1. The SMILES string of the molecule is COC1CC2CCC1CN2c1ccc2c(c1)N(C(=O)C1CCCCC1)Cc1cccnc1N2. The Hall–Kier alpha value is -2.60. The fourth-order valence-electron chi connectivity index (χ4n) is 6.53. The van der Waals surface area contributed by atoms with E-state index in [1.807, 2.05) is 24.3 Å². The van der Waals surface area contributed by atoms with Gasteiger partial charge in [0, 0.05) is 49.0 Å². The lowest BCUT2D eigenvalue weighted by Gasteiger charge is -2.50. The van der Waals surface area contributed by atoms with Crippen LogP contribution >= 0.6 is 0 Å². The first-order chi connectivity index (χ1) is 16.2. The lowest BCUT2D eigenvalue weighted by atomic mass is 9.77. The Morgan fingerprint density at radius 1 is 1.12 bits per heavy atom. The van der Waals surface area contributed by atoms with Crippen LogP contribution in [0.4, 0.5) is 22.9 Å². The van der Waals surface area contributed by atoms with E-state index in [2.05, 4.69) is 39.5 Å². The number of nitrogens with zero attached hydrogens (tertiary/aromatic N) is 3. The number of fused-ring (bicyclic) bond motifs is 5.